The molecule has 0 aliphatic heterocycles. The Kier molecular flexibility index (Phi) is 4.04. The molecule has 1 fully saturated rings. The van der Waals surface area contributed by atoms with Crippen LogP contribution >= 0.6 is 0 Å². The van der Waals surface area contributed by atoms with E-state index in [1.54, 1.807) is 0 Å². The quantitative estimate of drug-likeness (QED) is 0.567. The van der Waals surface area contributed by atoms with Crippen molar-refractivity contribution in [3.63, 3.8) is 0 Å². The van der Waals surface area contributed by atoms with E-state index < -0.39 is 0 Å². The van der Waals surface area contributed by atoms with Gasteiger partial charge in [-0.25, -0.2) is 0 Å². The summed E-state index contributed by atoms with van der Waals surface area (Å²) in [7, 11) is 0. The Morgan fingerprint density at radius 1 is 1.21 bits per heavy atom. The minimum Gasteiger partial charge on any atom is -0.0654 e. The maximum Gasteiger partial charge on any atom is -0.0241 e. The molecule has 1 saturated carbocycles. The van der Waals surface area contributed by atoms with E-state index in [2.05, 4.69) is 34.6 Å². The summed E-state index contributed by atoms with van der Waals surface area (Å²) in [5, 5.41) is 0. The van der Waals surface area contributed by atoms with E-state index in [0.717, 1.165) is 23.2 Å². The van der Waals surface area contributed by atoms with Gasteiger partial charge in [0.05, 0.1) is 0 Å². The molecule has 0 aromatic carbocycles. The topological polar surface area (TPSA) is 0 Å². The zero-order valence-electron chi connectivity index (χ0n) is 10.8. The summed E-state index contributed by atoms with van der Waals surface area (Å²) < 4.78 is 0. The van der Waals surface area contributed by atoms with Crippen molar-refractivity contribution < 1.29 is 0 Å². The fraction of sp³-hybridized carbons (Fsp3) is 1.00. The van der Waals surface area contributed by atoms with Crippen LogP contribution in [0.15, 0.2) is 0 Å². The number of rotatable bonds is 6. The average Bonchev–Trinajstić information content (AvgIpc) is 2.92. The van der Waals surface area contributed by atoms with Crippen LogP contribution in [-0.2, 0) is 0 Å². The smallest absolute Gasteiger partial charge is 0.0241 e. The Morgan fingerprint density at radius 2 is 1.86 bits per heavy atom. The molecular weight excluding hydrogens is 168 g/mol. The van der Waals surface area contributed by atoms with Crippen molar-refractivity contribution in [1.29, 1.82) is 0 Å². The molecule has 0 saturated heterocycles. The van der Waals surface area contributed by atoms with Crippen molar-refractivity contribution in [2.24, 2.45) is 23.2 Å². The monoisotopic (exact) mass is 196 g/mol. The molecule has 14 heavy (non-hydrogen) atoms. The number of hydrogen-bond acceptors (Lipinski definition) is 0. The van der Waals surface area contributed by atoms with Gasteiger partial charge < -0.3 is 0 Å². The molecular formula is C14H28. The Hall–Kier alpha value is 0. The molecule has 0 N–H and O–H groups in total. The molecule has 0 aromatic rings. The predicted octanol–water partition coefficient (Wildman–Crippen LogP) is 4.89. The van der Waals surface area contributed by atoms with E-state index in [1.807, 2.05) is 0 Å². The molecule has 4 unspecified atom stereocenters. The summed E-state index contributed by atoms with van der Waals surface area (Å²) in [6, 6.07) is 0. The van der Waals surface area contributed by atoms with Crippen molar-refractivity contribution in [3.8, 4) is 0 Å². The predicted molar refractivity (Wildman–Crippen MR) is 64.4 cm³/mol. The van der Waals surface area contributed by atoms with Crippen molar-refractivity contribution >= 4 is 0 Å². The standard InChI is InChI=1S/C14H28/c1-6-9-11(4)12(5)14(8-3)10-13(14)7-2/h11-13H,6-10H2,1-5H3. The molecule has 0 nitrogen and oxygen atoms in total. The molecule has 0 radical (unpaired) electrons. The molecule has 0 spiro atoms. The Labute approximate surface area is 90.5 Å². The third-order valence-corrected chi connectivity index (χ3v) is 4.93. The fourth-order valence-electron chi connectivity index (χ4n) is 3.54. The summed E-state index contributed by atoms with van der Waals surface area (Å²) >= 11 is 0. The Morgan fingerprint density at radius 3 is 2.21 bits per heavy atom. The summed E-state index contributed by atoms with van der Waals surface area (Å²) in [4.78, 5) is 0. The van der Waals surface area contributed by atoms with Crippen LogP contribution in [0.2, 0.25) is 0 Å². The van der Waals surface area contributed by atoms with Crippen LogP contribution in [0.4, 0.5) is 0 Å². The highest BCUT2D eigenvalue weighted by atomic mass is 14.6. The fourth-order valence-corrected chi connectivity index (χ4v) is 3.54. The lowest BCUT2D eigenvalue weighted by atomic mass is 9.76. The van der Waals surface area contributed by atoms with Gasteiger partial charge in [-0.05, 0) is 36.0 Å². The second-order valence-electron chi connectivity index (χ2n) is 5.45. The van der Waals surface area contributed by atoms with Crippen LogP contribution in [0.1, 0.15) is 66.7 Å². The van der Waals surface area contributed by atoms with Crippen molar-refractivity contribution in [1.82, 2.24) is 0 Å². The van der Waals surface area contributed by atoms with E-state index in [0.29, 0.717) is 0 Å². The second kappa shape index (κ2) is 4.68. The summed E-state index contributed by atoms with van der Waals surface area (Å²) in [6.07, 6.45) is 7.08. The Bertz CT molecular complexity index is 173. The first-order chi connectivity index (χ1) is 6.62. The second-order valence-corrected chi connectivity index (χ2v) is 5.45. The normalized spacial score (nSPS) is 35.4. The van der Waals surface area contributed by atoms with Gasteiger partial charge in [0.25, 0.3) is 0 Å². The molecule has 0 amide bonds. The minimum atomic E-state index is 0.739. The van der Waals surface area contributed by atoms with Crippen LogP contribution < -0.4 is 0 Å². The van der Waals surface area contributed by atoms with Gasteiger partial charge >= 0.3 is 0 Å². The van der Waals surface area contributed by atoms with Gasteiger partial charge in [0, 0.05) is 0 Å². The van der Waals surface area contributed by atoms with Gasteiger partial charge in [-0.2, -0.15) is 0 Å². The molecule has 4 atom stereocenters. The van der Waals surface area contributed by atoms with E-state index in [-0.39, 0.29) is 0 Å². The maximum atomic E-state index is 2.50. The third kappa shape index (κ3) is 1.99. The SMILES string of the molecule is CCCC(C)C(C)C1(CC)CC1CC. The van der Waals surface area contributed by atoms with Gasteiger partial charge in [-0.15, -0.1) is 0 Å². The van der Waals surface area contributed by atoms with Gasteiger partial charge in [0.2, 0.25) is 0 Å². The largest absolute Gasteiger partial charge is 0.0654 e. The van der Waals surface area contributed by atoms with Crippen LogP contribution in [0.25, 0.3) is 0 Å². The first-order valence-corrected chi connectivity index (χ1v) is 6.62. The lowest BCUT2D eigenvalue weighted by molar-refractivity contribution is 0.201. The van der Waals surface area contributed by atoms with Gasteiger partial charge in [0.15, 0.2) is 0 Å². The van der Waals surface area contributed by atoms with Crippen molar-refractivity contribution in [2.45, 2.75) is 66.7 Å². The maximum absolute atomic E-state index is 2.50. The molecule has 1 aliphatic carbocycles. The molecule has 1 aliphatic rings. The van der Waals surface area contributed by atoms with Gasteiger partial charge in [-0.1, -0.05) is 53.9 Å². The van der Waals surface area contributed by atoms with Crippen LogP contribution in [-0.4, -0.2) is 0 Å². The number of hydrogen-bond donors (Lipinski definition) is 0. The van der Waals surface area contributed by atoms with Crippen LogP contribution in [0.3, 0.4) is 0 Å². The summed E-state index contributed by atoms with van der Waals surface area (Å²) in [5.41, 5.74) is 0.739. The Balaban J connectivity index is 2.54. The minimum absolute atomic E-state index is 0.739. The zero-order valence-corrected chi connectivity index (χ0v) is 10.8. The van der Waals surface area contributed by atoms with E-state index in [9.17, 15) is 0 Å². The lowest BCUT2D eigenvalue weighted by Crippen LogP contribution is -2.21. The molecule has 0 heterocycles. The van der Waals surface area contributed by atoms with Crippen LogP contribution in [0, 0.1) is 23.2 Å². The highest BCUT2D eigenvalue weighted by molar-refractivity contribution is 5.04. The summed E-state index contributed by atoms with van der Waals surface area (Å²) in [6.45, 7) is 12.0. The molecule has 0 aromatic heterocycles. The first-order valence-electron chi connectivity index (χ1n) is 6.62. The molecule has 0 heteroatoms. The third-order valence-electron chi connectivity index (χ3n) is 4.93. The molecule has 0 bridgehead atoms. The van der Waals surface area contributed by atoms with E-state index >= 15 is 0 Å². The van der Waals surface area contributed by atoms with Gasteiger partial charge in [0.1, 0.15) is 0 Å². The molecule has 84 valence electrons. The average molecular weight is 196 g/mol. The zero-order chi connectivity index (χ0) is 10.8. The van der Waals surface area contributed by atoms with Crippen molar-refractivity contribution in [3.05, 3.63) is 0 Å². The highest BCUT2D eigenvalue weighted by Crippen LogP contribution is 2.63. The van der Waals surface area contributed by atoms with Crippen LogP contribution in [0.5, 0.6) is 0 Å². The van der Waals surface area contributed by atoms with Crippen molar-refractivity contribution in [2.75, 3.05) is 0 Å². The lowest BCUT2D eigenvalue weighted by Gasteiger charge is -2.29. The van der Waals surface area contributed by atoms with E-state index in [4.69, 9.17) is 0 Å². The first kappa shape index (κ1) is 12.1. The highest BCUT2D eigenvalue weighted by Gasteiger charge is 2.55. The van der Waals surface area contributed by atoms with E-state index in [1.165, 1.54) is 32.1 Å². The summed E-state index contributed by atoms with van der Waals surface area (Å²) in [5.74, 6) is 2.91. The molecule has 1 rings (SSSR count). The van der Waals surface area contributed by atoms with Gasteiger partial charge in [-0.3, -0.25) is 0 Å².